The molecular weight excluding hydrogens is 468 g/mol. The van der Waals surface area contributed by atoms with Crippen molar-refractivity contribution >= 4 is 17.5 Å². The molecule has 0 spiro atoms. The van der Waals surface area contributed by atoms with Crippen LogP contribution in [0.25, 0.3) is 0 Å². The average Bonchev–Trinajstić information content (AvgIpc) is 2.94. The van der Waals surface area contributed by atoms with Crippen molar-refractivity contribution in [2.75, 3.05) is 70.5 Å². The predicted octanol–water partition coefficient (Wildman–Crippen LogP) is 3.00. The van der Waals surface area contributed by atoms with Gasteiger partial charge in [0, 0.05) is 70.5 Å². The van der Waals surface area contributed by atoms with Gasteiger partial charge < -0.3 is 19.3 Å². The number of anilines is 1. The Balaban J connectivity index is 1.57. The first-order chi connectivity index (χ1) is 18.0. The number of nitrogens with zero attached hydrogens (tertiary/aromatic N) is 4. The summed E-state index contributed by atoms with van der Waals surface area (Å²) in [6.45, 7) is 11.5. The number of hydrogen-bond donors (Lipinski definition) is 0. The average molecular weight is 509 g/mol. The highest BCUT2D eigenvalue weighted by Crippen LogP contribution is 2.25. The molecule has 1 fully saturated rings. The molecule has 1 saturated heterocycles. The van der Waals surface area contributed by atoms with Crippen molar-refractivity contribution < 1.29 is 19.1 Å². The highest BCUT2D eigenvalue weighted by Gasteiger charge is 2.24. The smallest absolute Gasteiger partial charge is 0.236 e. The lowest BCUT2D eigenvalue weighted by molar-refractivity contribution is -0.136. The Morgan fingerprint density at radius 2 is 1.62 bits per heavy atom. The third kappa shape index (κ3) is 7.53. The van der Waals surface area contributed by atoms with Crippen LogP contribution in [0.4, 0.5) is 5.69 Å². The van der Waals surface area contributed by atoms with E-state index in [4.69, 9.17) is 9.47 Å². The summed E-state index contributed by atoms with van der Waals surface area (Å²) < 4.78 is 11.3. The van der Waals surface area contributed by atoms with Crippen LogP contribution in [0.5, 0.6) is 5.75 Å². The zero-order valence-corrected chi connectivity index (χ0v) is 22.2. The molecule has 0 radical (unpaired) electrons. The molecule has 0 saturated carbocycles. The van der Waals surface area contributed by atoms with Crippen LogP contribution in [0, 0.1) is 0 Å². The van der Waals surface area contributed by atoms with Crippen molar-refractivity contribution in [3.05, 3.63) is 59.7 Å². The van der Waals surface area contributed by atoms with Gasteiger partial charge in [0.2, 0.25) is 11.8 Å². The van der Waals surface area contributed by atoms with E-state index in [1.54, 1.807) is 6.92 Å². The molecule has 0 aromatic heterocycles. The van der Waals surface area contributed by atoms with Gasteiger partial charge in [-0.2, -0.15) is 0 Å². The lowest BCUT2D eigenvalue weighted by atomic mass is 10.1. The highest BCUT2D eigenvalue weighted by molar-refractivity contribution is 5.92. The molecule has 0 unspecified atom stereocenters. The summed E-state index contributed by atoms with van der Waals surface area (Å²) in [6, 6.07) is 16.3. The number of carbonyl (C=O) groups is 2. The van der Waals surface area contributed by atoms with Gasteiger partial charge in [-0.25, -0.2) is 0 Å². The number of carbonyl (C=O) groups excluding carboxylic acids is 2. The normalized spacial score (nSPS) is 18.1. The second-order valence-electron chi connectivity index (χ2n) is 9.67. The molecule has 37 heavy (non-hydrogen) atoms. The van der Waals surface area contributed by atoms with Crippen molar-refractivity contribution in [1.82, 2.24) is 14.7 Å². The van der Waals surface area contributed by atoms with Gasteiger partial charge in [-0.05, 0) is 31.0 Å². The molecular formula is C29H40N4O4. The van der Waals surface area contributed by atoms with Gasteiger partial charge in [0.1, 0.15) is 5.75 Å². The van der Waals surface area contributed by atoms with Crippen LogP contribution in [0.2, 0.25) is 0 Å². The fourth-order valence-electron chi connectivity index (χ4n) is 5.09. The van der Waals surface area contributed by atoms with Crippen LogP contribution in [-0.2, 0) is 27.4 Å². The van der Waals surface area contributed by atoms with Crippen molar-refractivity contribution in [2.24, 2.45) is 0 Å². The zero-order valence-electron chi connectivity index (χ0n) is 22.2. The predicted molar refractivity (Wildman–Crippen MR) is 145 cm³/mol. The summed E-state index contributed by atoms with van der Waals surface area (Å²) in [5, 5.41) is 0. The Labute approximate surface area is 220 Å². The second kappa shape index (κ2) is 13.6. The van der Waals surface area contributed by atoms with E-state index in [0.29, 0.717) is 52.5 Å². The number of fused-ring (bicyclic) bond motifs is 1. The summed E-state index contributed by atoms with van der Waals surface area (Å²) in [5.41, 5.74) is 3.17. The molecule has 4 rings (SSSR count). The molecule has 2 aromatic carbocycles. The summed E-state index contributed by atoms with van der Waals surface area (Å²) in [5.74, 6) is 1.08. The van der Waals surface area contributed by atoms with E-state index in [0.717, 1.165) is 55.2 Å². The number of para-hydroxylation sites is 2. The highest BCUT2D eigenvalue weighted by atomic mass is 16.5. The van der Waals surface area contributed by atoms with Gasteiger partial charge in [0.15, 0.2) is 0 Å². The fourth-order valence-corrected chi connectivity index (χ4v) is 5.09. The van der Waals surface area contributed by atoms with E-state index in [1.165, 1.54) is 0 Å². The van der Waals surface area contributed by atoms with Crippen LogP contribution in [0.15, 0.2) is 48.5 Å². The Morgan fingerprint density at radius 3 is 2.41 bits per heavy atom. The molecule has 0 N–H and O–H groups in total. The zero-order chi connectivity index (χ0) is 26.0. The van der Waals surface area contributed by atoms with E-state index in [9.17, 15) is 9.59 Å². The van der Waals surface area contributed by atoms with Gasteiger partial charge in [-0.3, -0.25) is 19.4 Å². The maximum Gasteiger partial charge on any atom is 0.236 e. The second-order valence-corrected chi connectivity index (χ2v) is 9.67. The quantitative estimate of drug-likeness (QED) is 0.598. The molecule has 0 bridgehead atoms. The van der Waals surface area contributed by atoms with Gasteiger partial charge in [0.25, 0.3) is 0 Å². The molecule has 2 aromatic rings. The summed E-state index contributed by atoms with van der Waals surface area (Å²) in [7, 11) is 0. The van der Waals surface area contributed by atoms with E-state index >= 15 is 0 Å². The van der Waals surface area contributed by atoms with Crippen molar-refractivity contribution in [1.29, 1.82) is 0 Å². The van der Waals surface area contributed by atoms with Gasteiger partial charge in [-0.15, -0.1) is 0 Å². The van der Waals surface area contributed by atoms with E-state index < -0.39 is 0 Å². The largest absolute Gasteiger partial charge is 0.494 e. The minimum absolute atomic E-state index is 0.0379. The maximum absolute atomic E-state index is 13.2. The molecule has 2 amide bonds. The first kappa shape index (κ1) is 27.1. The first-order valence-corrected chi connectivity index (χ1v) is 13.4. The monoisotopic (exact) mass is 508 g/mol. The molecule has 0 atom stereocenters. The van der Waals surface area contributed by atoms with Crippen molar-refractivity contribution in [2.45, 2.75) is 33.4 Å². The molecule has 200 valence electrons. The van der Waals surface area contributed by atoms with E-state index in [-0.39, 0.29) is 11.8 Å². The minimum atomic E-state index is 0.0379. The van der Waals surface area contributed by atoms with Gasteiger partial charge in [0.05, 0.1) is 26.4 Å². The molecule has 8 heteroatoms. The topological polar surface area (TPSA) is 65.6 Å². The third-order valence-corrected chi connectivity index (χ3v) is 7.03. The maximum atomic E-state index is 13.2. The van der Waals surface area contributed by atoms with Gasteiger partial charge in [-0.1, -0.05) is 36.4 Å². The lowest BCUT2D eigenvalue weighted by Gasteiger charge is -2.31. The number of ether oxygens (including phenoxy) is 2. The van der Waals surface area contributed by atoms with E-state index in [1.807, 2.05) is 53.1 Å². The Hall–Kier alpha value is -2.94. The fraction of sp³-hybridized carbons (Fsp3) is 0.517. The lowest BCUT2D eigenvalue weighted by Crippen LogP contribution is -2.46. The first-order valence-electron chi connectivity index (χ1n) is 13.4. The molecule has 0 aliphatic carbocycles. The molecule has 2 heterocycles. The Morgan fingerprint density at radius 1 is 0.892 bits per heavy atom. The van der Waals surface area contributed by atoms with E-state index in [2.05, 4.69) is 21.9 Å². The molecule has 2 aliphatic rings. The SMILES string of the molecule is CCOc1ccccc1CN1CCCN(C(C)=O)c2ccccc2CN(CC(=O)N2CCOCC2)CC1. The number of hydrogen-bond acceptors (Lipinski definition) is 6. The number of benzene rings is 2. The van der Waals surface area contributed by atoms with Crippen LogP contribution < -0.4 is 9.64 Å². The number of rotatable bonds is 6. The van der Waals surface area contributed by atoms with Gasteiger partial charge >= 0.3 is 0 Å². The van der Waals surface area contributed by atoms with Crippen LogP contribution >= 0.6 is 0 Å². The molecule has 2 aliphatic heterocycles. The summed E-state index contributed by atoms with van der Waals surface area (Å²) >= 11 is 0. The van der Waals surface area contributed by atoms with Crippen LogP contribution in [0.1, 0.15) is 31.4 Å². The summed E-state index contributed by atoms with van der Waals surface area (Å²) in [6.07, 6.45) is 0.859. The Bertz CT molecular complexity index is 1040. The number of amides is 2. The molecule has 8 nitrogen and oxygen atoms in total. The summed E-state index contributed by atoms with van der Waals surface area (Å²) in [4.78, 5) is 34.3. The minimum Gasteiger partial charge on any atom is -0.494 e. The van der Waals surface area contributed by atoms with Crippen molar-refractivity contribution in [3.63, 3.8) is 0 Å². The van der Waals surface area contributed by atoms with Crippen LogP contribution in [-0.4, -0.2) is 92.1 Å². The third-order valence-electron chi connectivity index (χ3n) is 7.03. The van der Waals surface area contributed by atoms with Crippen LogP contribution in [0.3, 0.4) is 0 Å². The van der Waals surface area contributed by atoms with Crippen molar-refractivity contribution in [3.8, 4) is 5.75 Å². The Kier molecular flexibility index (Phi) is 9.93. The standard InChI is InChI=1S/C29H40N4O4/c1-3-37-28-12-7-5-10-26(28)22-30-13-8-14-33(24(2)34)27-11-6-4-9-25(27)21-31(16-15-30)23-29(35)32-17-19-36-20-18-32/h4-7,9-12H,3,8,13-23H2,1-2H3. The number of morpholine rings is 1.